The molecule has 1 saturated heterocycles. The van der Waals surface area contributed by atoms with E-state index in [9.17, 15) is 9.59 Å². The number of aromatic nitrogens is 2. The first kappa shape index (κ1) is 20.6. The van der Waals surface area contributed by atoms with Crippen LogP contribution < -0.4 is 0 Å². The number of ketones is 1. The maximum absolute atomic E-state index is 13.5. The van der Waals surface area contributed by atoms with Crippen molar-refractivity contribution < 1.29 is 14.3 Å². The maximum atomic E-state index is 13.5. The molecule has 0 atom stereocenters. The van der Waals surface area contributed by atoms with Crippen LogP contribution in [0.25, 0.3) is 0 Å². The minimum Gasteiger partial charge on any atom is -0.445 e. The zero-order chi connectivity index (χ0) is 21.5. The number of hydrogen-bond donors (Lipinski definition) is 0. The number of hydrogen-bond acceptors (Lipinski definition) is 4. The van der Waals surface area contributed by atoms with E-state index in [-0.39, 0.29) is 29.9 Å². The highest BCUT2D eigenvalue weighted by atomic mass is 16.6. The second kappa shape index (κ2) is 7.56. The summed E-state index contributed by atoms with van der Waals surface area (Å²) in [6.07, 6.45) is 4.00. The van der Waals surface area contributed by atoms with Gasteiger partial charge in [0.2, 0.25) is 0 Å². The molecular weight excluding hydrogens is 378 g/mol. The Morgan fingerprint density at radius 3 is 2.47 bits per heavy atom. The average molecular weight is 410 g/mol. The molecule has 6 heteroatoms. The fourth-order valence-electron chi connectivity index (χ4n) is 5.02. The molecule has 0 bridgehead atoms. The number of rotatable bonds is 3. The van der Waals surface area contributed by atoms with Crippen LogP contribution in [0.4, 0.5) is 4.79 Å². The first-order valence-electron chi connectivity index (χ1n) is 10.8. The van der Waals surface area contributed by atoms with Crippen molar-refractivity contribution in [2.24, 2.45) is 10.8 Å². The summed E-state index contributed by atoms with van der Waals surface area (Å²) in [5.41, 5.74) is 2.15. The second-order valence-electron chi connectivity index (χ2n) is 9.50. The Labute approximate surface area is 178 Å². The van der Waals surface area contributed by atoms with Gasteiger partial charge in [-0.25, -0.2) is 4.79 Å². The third-order valence-corrected chi connectivity index (χ3v) is 7.18. The van der Waals surface area contributed by atoms with Gasteiger partial charge in [0.05, 0.1) is 6.20 Å². The van der Waals surface area contributed by atoms with Crippen LogP contribution in [0.5, 0.6) is 0 Å². The Kier molecular flexibility index (Phi) is 5.20. The van der Waals surface area contributed by atoms with Crippen LogP contribution in [0.1, 0.15) is 68.2 Å². The number of piperidine rings is 1. The fourth-order valence-corrected chi connectivity index (χ4v) is 5.02. The molecule has 4 rings (SSSR count). The number of benzene rings is 1. The molecule has 1 aromatic carbocycles. The van der Waals surface area contributed by atoms with Gasteiger partial charge in [-0.15, -0.1) is 0 Å². The Balaban J connectivity index is 1.46. The topological polar surface area (TPSA) is 64.4 Å². The van der Waals surface area contributed by atoms with Gasteiger partial charge in [-0.05, 0) is 44.1 Å². The zero-order valence-electron chi connectivity index (χ0n) is 18.4. The third kappa shape index (κ3) is 3.32. The molecule has 1 aromatic heterocycles. The summed E-state index contributed by atoms with van der Waals surface area (Å²) in [6.45, 7) is 9.74. The molecule has 1 aliphatic heterocycles. The number of likely N-dealkylation sites (tertiary alicyclic amines) is 1. The molecular formula is C24H31N3O3. The predicted molar refractivity (Wildman–Crippen MR) is 114 cm³/mol. The van der Waals surface area contributed by atoms with Crippen LogP contribution in [0.15, 0.2) is 36.5 Å². The summed E-state index contributed by atoms with van der Waals surface area (Å²) < 4.78 is 7.37. The highest BCUT2D eigenvalue weighted by molar-refractivity contribution is 6.01. The lowest BCUT2D eigenvalue weighted by molar-refractivity contribution is -0.00481. The highest BCUT2D eigenvalue weighted by Gasteiger charge is 2.55. The Morgan fingerprint density at radius 2 is 1.83 bits per heavy atom. The Bertz CT molecular complexity index is 938. The molecule has 0 unspecified atom stereocenters. The van der Waals surface area contributed by atoms with Crippen molar-refractivity contribution in [3.8, 4) is 0 Å². The lowest BCUT2D eigenvalue weighted by Crippen LogP contribution is -2.55. The Hall–Kier alpha value is -2.63. The average Bonchev–Trinajstić information content (AvgIpc) is 3.15. The van der Waals surface area contributed by atoms with Gasteiger partial charge in [-0.1, -0.05) is 44.2 Å². The molecule has 1 fully saturated rings. The van der Waals surface area contributed by atoms with Crippen LogP contribution in [0.3, 0.4) is 0 Å². The van der Waals surface area contributed by atoms with E-state index in [0.29, 0.717) is 13.1 Å². The zero-order valence-corrected chi connectivity index (χ0v) is 18.4. The number of ether oxygens (including phenoxy) is 1. The van der Waals surface area contributed by atoms with Crippen LogP contribution in [0, 0.1) is 10.8 Å². The van der Waals surface area contributed by atoms with Crippen molar-refractivity contribution in [1.82, 2.24) is 14.7 Å². The molecule has 6 nitrogen and oxygen atoms in total. The van der Waals surface area contributed by atoms with Gasteiger partial charge in [0, 0.05) is 30.1 Å². The van der Waals surface area contributed by atoms with Crippen molar-refractivity contribution in [1.29, 1.82) is 0 Å². The Morgan fingerprint density at radius 1 is 1.17 bits per heavy atom. The van der Waals surface area contributed by atoms with Crippen molar-refractivity contribution in [3.05, 3.63) is 53.3 Å². The smallest absolute Gasteiger partial charge is 0.410 e. The monoisotopic (exact) mass is 409 g/mol. The van der Waals surface area contributed by atoms with E-state index in [0.717, 1.165) is 36.1 Å². The van der Waals surface area contributed by atoms with Crippen LogP contribution in [0.2, 0.25) is 0 Å². The predicted octanol–water partition coefficient (Wildman–Crippen LogP) is 4.65. The standard InChI is InChI=1S/C24H31N3O3/c1-17(2)27-20-19(15-25-27)14-24(23(3,4)21(20)28)10-12-26(13-11-24)22(29)30-16-18-8-6-5-7-9-18/h5-9,15,17H,10-14,16H2,1-4H3. The molecule has 2 heterocycles. The number of carbonyl (C=O) groups is 2. The highest BCUT2D eigenvalue weighted by Crippen LogP contribution is 2.54. The van der Waals surface area contributed by atoms with E-state index in [1.54, 1.807) is 4.90 Å². The SMILES string of the molecule is CC(C)n1ncc2c1C(=O)C(C)(C)C1(CCN(C(=O)OCc3ccccc3)CC1)C2. The van der Waals surface area contributed by atoms with Crippen LogP contribution in [-0.4, -0.2) is 39.6 Å². The third-order valence-electron chi connectivity index (χ3n) is 7.18. The van der Waals surface area contributed by atoms with E-state index in [2.05, 4.69) is 32.8 Å². The lowest BCUT2D eigenvalue weighted by atomic mass is 9.53. The van der Waals surface area contributed by atoms with Gasteiger partial charge < -0.3 is 9.64 Å². The van der Waals surface area contributed by atoms with Crippen molar-refractivity contribution >= 4 is 11.9 Å². The molecule has 30 heavy (non-hydrogen) atoms. The van der Waals surface area contributed by atoms with E-state index in [1.165, 1.54) is 0 Å². The molecule has 0 N–H and O–H groups in total. The summed E-state index contributed by atoms with van der Waals surface area (Å²) in [5, 5.41) is 4.50. The molecule has 2 aromatic rings. The normalized spacial score (nSPS) is 19.8. The largest absolute Gasteiger partial charge is 0.445 e. The second-order valence-corrected chi connectivity index (χ2v) is 9.50. The summed E-state index contributed by atoms with van der Waals surface area (Å²) in [7, 11) is 0. The summed E-state index contributed by atoms with van der Waals surface area (Å²) in [4.78, 5) is 27.9. The van der Waals surface area contributed by atoms with E-state index < -0.39 is 5.41 Å². The molecule has 1 amide bonds. The number of carbonyl (C=O) groups excluding carboxylic acids is 2. The number of amides is 1. The molecule has 160 valence electrons. The first-order valence-corrected chi connectivity index (χ1v) is 10.8. The number of nitrogens with zero attached hydrogens (tertiary/aromatic N) is 3. The van der Waals surface area contributed by atoms with Crippen LogP contribution in [-0.2, 0) is 17.8 Å². The van der Waals surface area contributed by atoms with Gasteiger partial charge in [-0.2, -0.15) is 5.10 Å². The minimum atomic E-state index is -0.493. The van der Waals surface area contributed by atoms with E-state index >= 15 is 0 Å². The van der Waals surface area contributed by atoms with Crippen molar-refractivity contribution in [2.75, 3.05) is 13.1 Å². The molecule has 0 radical (unpaired) electrons. The molecule has 1 aliphatic carbocycles. The number of Topliss-reactive ketones (excluding diaryl/α,β-unsaturated/α-hetero) is 1. The van der Waals surface area contributed by atoms with Crippen molar-refractivity contribution in [3.63, 3.8) is 0 Å². The molecule has 1 spiro atoms. The quantitative estimate of drug-likeness (QED) is 0.740. The fraction of sp³-hybridized carbons (Fsp3) is 0.542. The van der Waals surface area contributed by atoms with Gasteiger partial charge in [-0.3, -0.25) is 9.48 Å². The lowest BCUT2D eigenvalue weighted by Gasteiger charge is -2.52. The maximum Gasteiger partial charge on any atom is 0.410 e. The van der Waals surface area contributed by atoms with Gasteiger partial charge >= 0.3 is 6.09 Å². The first-order chi connectivity index (χ1) is 14.2. The van der Waals surface area contributed by atoms with Gasteiger partial charge in [0.1, 0.15) is 12.3 Å². The summed E-state index contributed by atoms with van der Waals surface area (Å²) >= 11 is 0. The van der Waals surface area contributed by atoms with E-state index in [4.69, 9.17) is 4.74 Å². The summed E-state index contributed by atoms with van der Waals surface area (Å²) in [6, 6.07) is 9.87. The number of fused-ring (bicyclic) bond motifs is 1. The van der Waals surface area contributed by atoms with Crippen molar-refractivity contribution in [2.45, 2.75) is 59.6 Å². The molecule has 0 saturated carbocycles. The minimum absolute atomic E-state index is 0.155. The molecule has 2 aliphatic rings. The van der Waals surface area contributed by atoms with E-state index in [1.807, 2.05) is 41.2 Å². The summed E-state index contributed by atoms with van der Waals surface area (Å²) in [5.74, 6) is 0.176. The van der Waals surface area contributed by atoms with Gasteiger partial charge in [0.25, 0.3) is 0 Å². The van der Waals surface area contributed by atoms with Crippen LogP contribution >= 0.6 is 0 Å². The van der Waals surface area contributed by atoms with Gasteiger partial charge in [0.15, 0.2) is 5.78 Å².